The number of carbonyl (C=O) groups is 1. The quantitative estimate of drug-likeness (QED) is 0.591. The number of rotatable bonds is 7. The molecule has 0 saturated heterocycles. The first-order valence-corrected chi connectivity index (χ1v) is 7.26. The summed E-state index contributed by atoms with van der Waals surface area (Å²) in [5.41, 5.74) is 0. The third kappa shape index (κ3) is 4.37. The summed E-state index contributed by atoms with van der Waals surface area (Å²) in [6, 6.07) is 0. The molecule has 10 heteroatoms. The van der Waals surface area contributed by atoms with E-state index < -0.39 is 15.9 Å². The van der Waals surface area contributed by atoms with E-state index in [1.807, 2.05) is 0 Å². The first kappa shape index (κ1) is 14.5. The van der Waals surface area contributed by atoms with Gasteiger partial charge >= 0.3 is 0 Å². The minimum Gasteiger partial charge on any atom is -0.349 e. The monoisotopic (exact) mass is 276 g/mol. The summed E-state index contributed by atoms with van der Waals surface area (Å²) in [6.07, 6.45) is 1.68. The Kier molecular flexibility index (Phi) is 5.16. The van der Waals surface area contributed by atoms with Crippen LogP contribution in [0.3, 0.4) is 0 Å². The Morgan fingerprint density at radius 1 is 1.50 bits per heavy atom. The Labute approximate surface area is 105 Å². The van der Waals surface area contributed by atoms with E-state index in [4.69, 9.17) is 0 Å². The van der Waals surface area contributed by atoms with Gasteiger partial charge in [0.05, 0.1) is 6.26 Å². The second kappa shape index (κ2) is 6.40. The average molecular weight is 276 g/mol. The first-order valence-electron chi connectivity index (χ1n) is 5.42. The molecule has 1 amide bonds. The topological polar surface area (TPSA) is 121 Å². The smallest absolute Gasteiger partial charge is 0.292 e. The van der Waals surface area contributed by atoms with Crippen molar-refractivity contribution in [1.82, 2.24) is 30.2 Å². The highest BCUT2D eigenvalue weighted by atomic mass is 32.2. The van der Waals surface area contributed by atoms with Crippen LogP contribution in [0.25, 0.3) is 0 Å². The van der Waals surface area contributed by atoms with Crippen LogP contribution in [0, 0.1) is 0 Å². The van der Waals surface area contributed by atoms with Crippen molar-refractivity contribution < 1.29 is 13.2 Å². The van der Waals surface area contributed by atoms with Crippen LogP contribution in [0.15, 0.2) is 0 Å². The van der Waals surface area contributed by atoms with Gasteiger partial charge in [-0.15, -0.1) is 10.2 Å². The van der Waals surface area contributed by atoms with Crippen LogP contribution in [0.5, 0.6) is 0 Å². The van der Waals surface area contributed by atoms with E-state index in [-0.39, 0.29) is 5.82 Å². The number of aromatic nitrogens is 4. The Bertz CT molecular complexity index is 471. The molecule has 0 fully saturated rings. The van der Waals surface area contributed by atoms with Gasteiger partial charge in [-0.3, -0.25) is 4.79 Å². The largest absolute Gasteiger partial charge is 0.349 e. The van der Waals surface area contributed by atoms with Crippen LogP contribution in [0.1, 0.15) is 24.0 Å². The molecule has 2 N–H and O–H groups in total. The molecule has 0 aliphatic carbocycles. The fraction of sp³-hybridized carbons (Fsp3) is 0.750. The van der Waals surface area contributed by atoms with Gasteiger partial charge in [0, 0.05) is 19.6 Å². The molecule has 0 spiro atoms. The van der Waals surface area contributed by atoms with Crippen LogP contribution in [0.2, 0.25) is 0 Å². The van der Waals surface area contributed by atoms with Gasteiger partial charge in [-0.25, -0.2) is 12.7 Å². The summed E-state index contributed by atoms with van der Waals surface area (Å²) >= 11 is 0. The summed E-state index contributed by atoms with van der Waals surface area (Å²) in [7, 11) is -3.18. The average Bonchev–Trinajstić information content (AvgIpc) is 2.80. The minimum absolute atomic E-state index is 0.0366. The second-order valence-electron chi connectivity index (χ2n) is 3.60. The van der Waals surface area contributed by atoms with Crippen molar-refractivity contribution >= 4 is 15.9 Å². The van der Waals surface area contributed by atoms with Crippen molar-refractivity contribution in [3.8, 4) is 0 Å². The van der Waals surface area contributed by atoms with Gasteiger partial charge in [0.15, 0.2) is 0 Å². The van der Waals surface area contributed by atoms with E-state index in [0.29, 0.717) is 26.1 Å². The molecule has 9 nitrogen and oxygen atoms in total. The lowest BCUT2D eigenvalue weighted by Crippen LogP contribution is -2.33. The fourth-order valence-corrected chi connectivity index (χ4v) is 2.28. The lowest BCUT2D eigenvalue weighted by molar-refractivity contribution is 0.0942. The lowest BCUT2D eigenvalue weighted by atomic mass is 10.4. The molecule has 0 radical (unpaired) electrons. The third-order valence-electron chi connectivity index (χ3n) is 2.24. The number of hydrogen-bond donors (Lipinski definition) is 2. The van der Waals surface area contributed by atoms with Gasteiger partial charge in [-0.05, 0) is 11.6 Å². The van der Waals surface area contributed by atoms with Gasteiger partial charge in [0.25, 0.3) is 11.7 Å². The maximum atomic E-state index is 11.4. The highest BCUT2D eigenvalue weighted by molar-refractivity contribution is 7.88. The number of aromatic amines is 1. The van der Waals surface area contributed by atoms with Crippen molar-refractivity contribution in [2.45, 2.75) is 13.3 Å². The van der Waals surface area contributed by atoms with E-state index >= 15 is 0 Å². The van der Waals surface area contributed by atoms with Crippen molar-refractivity contribution in [3.63, 3.8) is 0 Å². The molecule has 1 heterocycles. The van der Waals surface area contributed by atoms with Crippen molar-refractivity contribution in [1.29, 1.82) is 0 Å². The van der Waals surface area contributed by atoms with Gasteiger partial charge in [0.2, 0.25) is 10.0 Å². The SMILES string of the molecule is CCN(CCCNC(=O)c1nn[nH]n1)S(C)(=O)=O. The fourth-order valence-electron chi connectivity index (χ4n) is 1.35. The molecule has 0 atom stereocenters. The molecule has 102 valence electrons. The molecule has 0 aromatic carbocycles. The maximum Gasteiger partial charge on any atom is 0.292 e. The number of amides is 1. The van der Waals surface area contributed by atoms with Gasteiger partial charge in [-0.2, -0.15) is 5.21 Å². The lowest BCUT2D eigenvalue weighted by Gasteiger charge is -2.17. The number of hydrogen-bond acceptors (Lipinski definition) is 6. The number of tetrazole rings is 1. The van der Waals surface area contributed by atoms with Gasteiger partial charge in [0.1, 0.15) is 0 Å². The summed E-state index contributed by atoms with van der Waals surface area (Å²) in [5, 5.41) is 15.0. The van der Waals surface area contributed by atoms with E-state index in [0.717, 1.165) is 6.26 Å². The van der Waals surface area contributed by atoms with E-state index in [2.05, 4.69) is 25.9 Å². The summed E-state index contributed by atoms with van der Waals surface area (Å²) in [4.78, 5) is 11.4. The molecule has 1 aromatic heterocycles. The Morgan fingerprint density at radius 2 is 2.22 bits per heavy atom. The van der Waals surface area contributed by atoms with E-state index in [9.17, 15) is 13.2 Å². The predicted molar refractivity (Wildman–Crippen MR) is 63.2 cm³/mol. The van der Waals surface area contributed by atoms with Crippen molar-refractivity contribution in [3.05, 3.63) is 5.82 Å². The van der Waals surface area contributed by atoms with Crippen LogP contribution in [-0.2, 0) is 10.0 Å². The first-order chi connectivity index (χ1) is 8.45. The summed E-state index contributed by atoms with van der Waals surface area (Å²) in [6.45, 7) is 2.89. The van der Waals surface area contributed by atoms with Crippen LogP contribution >= 0.6 is 0 Å². The molecule has 18 heavy (non-hydrogen) atoms. The normalized spacial score (nSPS) is 11.7. The maximum absolute atomic E-state index is 11.4. The molecule has 0 aliphatic rings. The number of sulfonamides is 1. The zero-order valence-corrected chi connectivity index (χ0v) is 11.1. The Hall–Kier alpha value is -1.55. The van der Waals surface area contributed by atoms with Crippen LogP contribution < -0.4 is 5.32 Å². The van der Waals surface area contributed by atoms with Crippen LogP contribution in [0.4, 0.5) is 0 Å². The third-order valence-corrected chi connectivity index (χ3v) is 3.62. The molecule has 0 saturated carbocycles. The predicted octanol–water partition coefficient (Wildman–Crippen LogP) is -1.40. The zero-order chi connectivity index (χ0) is 13.6. The van der Waals surface area contributed by atoms with Crippen LogP contribution in [-0.4, -0.2) is 65.1 Å². The van der Waals surface area contributed by atoms with Crippen molar-refractivity contribution in [2.75, 3.05) is 25.9 Å². The van der Waals surface area contributed by atoms with Gasteiger partial charge in [-0.1, -0.05) is 6.92 Å². The molecule has 0 bridgehead atoms. The number of H-pyrrole nitrogens is 1. The standard InChI is InChI=1S/C8H16N6O3S/c1-3-14(18(2,16)17)6-4-5-9-8(15)7-10-12-13-11-7/h3-6H2,1-2H3,(H,9,15)(H,10,11,12,13). The Balaban J connectivity index is 2.29. The highest BCUT2D eigenvalue weighted by Crippen LogP contribution is 1.98. The summed E-state index contributed by atoms with van der Waals surface area (Å²) < 4.78 is 23.9. The van der Waals surface area contributed by atoms with Crippen molar-refractivity contribution in [2.24, 2.45) is 0 Å². The highest BCUT2D eigenvalue weighted by Gasteiger charge is 2.14. The number of carbonyl (C=O) groups excluding carboxylic acids is 1. The van der Waals surface area contributed by atoms with E-state index in [1.165, 1.54) is 4.31 Å². The molecule has 1 rings (SSSR count). The molecule has 0 aliphatic heterocycles. The minimum atomic E-state index is -3.18. The Morgan fingerprint density at radius 3 is 2.72 bits per heavy atom. The molecular weight excluding hydrogens is 260 g/mol. The molecule has 0 unspecified atom stereocenters. The van der Waals surface area contributed by atoms with E-state index in [1.54, 1.807) is 6.92 Å². The summed E-state index contributed by atoms with van der Waals surface area (Å²) in [5.74, 6) is -0.475. The number of nitrogens with zero attached hydrogens (tertiary/aromatic N) is 4. The number of nitrogens with one attached hydrogen (secondary N) is 2. The molecular formula is C8H16N6O3S. The zero-order valence-electron chi connectivity index (χ0n) is 10.3. The van der Waals surface area contributed by atoms with Gasteiger partial charge < -0.3 is 5.32 Å². The molecule has 1 aromatic rings. The second-order valence-corrected chi connectivity index (χ2v) is 5.58.